The number of imide groups is 1. The molecule has 2 fully saturated rings. The summed E-state index contributed by atoms with van der Waals surface area (Å²) in [6.45, 7) is 3.44. The van der Waals surface area contributed by atoms with Gasteiger partial charge in [0.2, 0.25) is 15.9 Å². The highest BCUT2D eigenvalue weighted by Gasteiger charge is 2.35. The van der Waals surface area contributed by atoms with Crippen molar-refractivity contribution in [3.05, 3.63) is 0 Å². The molecule has 0 radical (unpaired) electrons. The molecule has 0 bridgehead atoms. The maximum Gasteiger partial charge on any atom is 0.325 e. The third-order valence-corrected chi connectivity index (χ3v) is 5.69. The van der Waals surface area contributed by atoms with Crippen molar-refractivity contribution in [1.29, 1.82) is 0 Å². The molecule has 0 aliphatic carbocycles. The van der Waals surface area contributed by atoms with Gasteiger partial charge in [-0.1, -0.05) is 0 Å². The molecule has 0 saturated carbocycles. The van der Waals surface area contributed by atoms with Crippen LogP contribution in [0, 0.1) is 0 Å². The minimum absolute atomic E-state index is 0.0937. The number of nitrogens with one attached hydrogen (secondary N) is 1. The van der Waals surface area contributed by atoms with E-state index in [1.54, 1.807) is 6.92 Å². The molecular weight excluding hydrogens is 284 g/mol. The highest BCUT2D eigenvalue weighted by Crippen LogP contribution is 2.14. The Morgan fingerprint density at radius 1 is 1.20 bits per heavy atom. The smallest absolute Gasteiger partial charge is 0.322 e. The lowest BCUT2D eigenvalue weighted by Gasteiger charge is -2.41. The predicted molar refractivity (Wildman–Crippen MR) is 72.3 cm³/mol. The van der Waals surface area contributed by atoms with Crippen LogP contribution in [0.5, 0.6) is 0 Å². The minimum Gasteiger partial charge on any atom is -0.322 e. The van der Waals surface area contributed by atoms with E-state index < -0.39 is 16.1 Å². The fourth-order valence-electron chi connectivity index (χ4n) is 2.40. The molecule has 9 heteroatoms. The maximum absolute atomic E-state index is 11.8. The highest BCUT2D eigenvalue weighted by molar-refractivity contribution is 7.89. The summed E-state index contributed by atoms with van der Waals surface area (Å²) in [6.07, 6.45) is -0.111. The zero-order valence-electron chi connectivity index (χ0n) is 11.7. The lowest BCUT2D eigenvalue weighted by molar-refractivity contribution is -0.130. The number of carbonyl (C=O) groups excluding carboxylic acids is 2. The van der Waals surface area contributed by atoms with Crippen LogP contribution in [0.4, 0.5) is 4.79 Å². The number of amides is 3. The highest BCUT2D eigenvalue weighted by atomic mass is 32.2. The van der Waals surface area contributed by atoms with Crippen LogP contribution >= 0.6 is 0 Å². The fourth-order valence-corrected chi connectivity index (χ4v) is 3.49. The fraction of sp³-hybridized carbons (Fsp3) is 0.818. The van der Waals surface area contributed by atoms with Crippen molar-refractivity contribution in [1.82, 2.24) is 19.4 Å². The summed E-state index contributed by atoms with van der Waals surface area (Å²) in [7, 11) is -1.72. The maximum atomic E-state index is 11.8. The van der Waals surface area contributed by atoms with Crippen molar-refractivity contribution in [2.45, 2.75) is 19.5 Å². The van der Waals surface area contributed by atoms with Gasteiger partial charge < -0.3 is 5.32 Å². The number of sulfonamides is 1. The first-order valence-corrected chi connectivity index (χ1v) is 8.25. The largest absolute Gasteiger partial charge is 0.325 e. The average molecular weight is 304 g/mol. The van der Waals surface area contributed by atoms with Crippen LogP contribution in [0.1, 0.15) is 13.3 Å². The van der Waals surface area contributed by atoms with Gasteiger partial charge in [0.05, 0.1) is 18.3 Å². The summed E-state index contributed by atoms with van der Waals surface area (Å²) in [5.41, 5.74) is 0. The van der Waals surface area contributed by atoms with Crippen molar-refractivity contribution >= 4 is 22.0 Å². The van der Waals surface area contributed by atoms with Crippen molar-refractivity contribution in [2.24, 2.45) is 0 Å². The van der Waals surface area contributed by atoms with Crippen LogP contribution < -0.4 is 5.32 Å². The molecular formula is C11H20N4O4S. The van der Waals surface area contributed by atoms with Crippen LogP contribution in [0.15, 0.2) is 0 Å². The van der Waals surface area contributed by atoms with Crippen molar-refractivity contribution in [3.8, 4) is 0 Å². The Morgan fingerprint density at radius 2 is 1.80 bits per heavy atom. The summed E-state index contributed by atoms with van der Waals surface area (Å²) in [5.74, 6) is -0.126. The molecule has 114 valence electrons. The number of piperazine rings is 1. The molecule has 8 nitrogen and oxygen atoms in total. The molecule has 1 unspecified atom stereocenters. The zero-order chi connectivity index (χ0) is 14.9. The van der Waals surface area contributed by atoms with E-state index in [0.29, 0.717) is 26.2 Å². The monoisotopic (exact) mass is 304 g/mol. The van der Waals surface area contributed by atoms with E-state index in [9.17, 15) is 18.0 Å². The van der Waals surface area contributed by atoms with Gasteiger partial charge in [0, 0.05) is 33.2 Å². The molecule has 2 saturated heterocycles. The lowest BCUT2D eigenvalue weighted by Crippen LogP contribution is -2.62. The van der Waals surface area contributed by atoms with Crippen LogP contribution in [0.2, 0.25) is 0 Å². The third-order valence-electron chi connectivity index (χ3n) is 3.81. The minimum atomic E-state index is -3.16. The summed E-state index contributed by atoms with van der Waals surface area (Å²) < 4.78 is 25.0. The second kappa shape index (κ2) is 5.66. The summed E-state index contributed by atoms with van der Waals surface area (Å²) in [4.78, 5) is 26.3. The molecule has 2 aliphatic rings. The van der Waals surface area contributed by atoms with Gasteiger partial charge in [0.1, 0.15) is 0 Å². The van der Waals surface area contributed by atoms with Crippen LogP contribution in [-0.4, -0.2) is 79.6 Å². The second-order valence-corrected chi connectivity index (χ2v) is 7.22. The SMILES string of the molecule is CCS(=O)(=O)N1CCN(C2CC(=O)N(C)C(=O)N2)CC1. The average Bonchev–Trinajstić information content (AvgIpc) is 2.44. The topological polar surface area (TPSA) is 90.0 Å². The lowest BCUT2D eigenvalue weighted by atomic mass is 10.2. The Bertz CT molecular complexity index is 481. The molecule has 2 rings (SSSR count). The Hall–Kier alpha value is -1.19. The normalized spacial score (nSPS) is 26.7. The van der Waals surface area contributed by atoms with Gasteiger partial charge in [0.15, 0.2) is 0 Å². The van der Waals surface area contributed by atoms with Crippen molar-refractivity contribution in [2.75, 3.05) is 39.0 Å². The first kappa shape index (κ1) is 15.2. The molecule has 0 aromatic rings. The first-order chi connectivity index (χ1) is 9.35. The van der Waals surface area contributed by atoms with E-state index in [2.05, 4.69) is 5.32 Å². The summed E-state index contributed by atoms with van der Waals surface area (Å²) >= 11 is 0. The molecule has 1 N–H and O–H groups in total. The number of hydrogen-bond acceptors (Lipinski definition) is 5. The Morgan fingerprint density at radius 3 is 2.30 bits per heavy atom. The van der Waals surface area contributed by atoms with E-state index in [1.807, 2.05) is 4.90 Å². The van der Waals surface area contributed by atoms with Crippen LogP contribution in [0.25, 0.3) is 0 Å². The summed E-state index contributed by atoms with van der Waals surface area (Å²) in [5, 5.41) is 2.76. The quantitative estimate of drug-likeness (QED) is 0.711. The molecule has 3 amide bonds. The van der Waals surface area contributed by atoms with Crippen LogP contribution in [0.3, 0.4) is 0 Å². The van der Waals surface area contributed by atoms with E-state index in [4.69, 9.17) is 0 Å². The molecule has 2 heterocycles. The van der Waals surface area contributed by atoms with E-state index >= 15 is 0 Å². The van der Waals surface area contributed by atoms with Gasteiger partial charge in [-0.15, -0.1) is 0 Å². The Labute approximate surface area is 118 Å². The number of hydrogen-bond donors (Lipinski definition) is 1. The van der Waals surface area contributed by atoms with E-state index in [0.717, 1.165) is 4.90 Å². The van der Waals surface area contributed by atoms with Gasteiger partial charge in [0.25, 0.3) is 0 Å². The predicted octanol–water partition coefficient (Wildman–Crippen LogP) is -1.15. The molecule has 0 aromatic carbocycles. The molecule has 1 atom stereocenters. The number of nitrogens with zero attached hydrogens (tertiary/aromatic N) is 3. The van der Waals surface area contributed by atoms with Crippen molar-refractivity contribution in [3.63, 3.8) is 0 Å². The summed E-state index contributed by atoms with van der Waals surface area (Å²) in [6, 6.07) is -0.408. The van der Waals surface area contributed by atoms with E-state index in [-0.39, 0.29) is 24.2 Å². The van der Waals surface area contributed by atoms with Gasteiger partial charge >= 0.3 is 6.03 Å². The van der Waals surface area contributed by atoms with Crippen molar-refractivity contribution < 1.29 is 18.0 Å². The third kappa shape index (κ3) is 2.94. The van der Waals surface area contributed by atoms with Gasteiger partial charge in [-0.05, 0) is 6.92 Å². The van der Waals surface area contributed by atoms with Gasteiger partial charge in [-0.2, -0.15) is 4.31 Å². The Balaban J connectivity index is 1.95. The number of urea groups is 1. The molecule has 0 aromatic heterocycles. The van der Waals surface area contributed by atoms with E-state index in [1.165, 1.54) is 11.4 Å². The molecule has 2 aliphatic heterocycles. The molecule has 20 heavy (non-hydrogen) atoms. The van der Waals surface area contributed by atoms with Gasteiger partial charge in [-0.25, -0.2) is 13.2 Å². The second-order valence-electron chi connectivity index (χ2n) is 4.96. The van der Waals surface area contributed by atoms with Crippen LogP contribution in [-0.2, 0) is 14.8 Å². The Kier molecular flexibility index (Phi) is 4.31. The molecule has 0 spiro atoms. The standard InChI is InChI=1S/C11H20N4O4S/c1-3-20(18,19)15-6-4-14(5-7-15)9-8-10(16)13(2)11(17)12-9/h9H,3-8H2,1-2H3,(H,12,17). The zero-order valence-corrected chi connectivity index (χ0v) is 12.5. The van der Waals surface area contributed by atoms with Gasteiger partial charge in [-0.3, -0.25) is 14.6 Å². The number of carbonyl (C=O) groups is 2. The first-order valence-electron chi connectivity index (χ1n) is 6.64. The number of rotatable bonds is 3.